The molecule has 0 aliphatic heterocycles. The van der Waals surface area contributed by atoms with Crippen LogP contribution in [0.25, 0.3) is 0 Å². The smallest absolute Gasteiger partial charge is 0.120 e. The zero-order chi connectivity index (χ0) is 15.0. The summed E-state index contributed by atoms with van der Waals surface area (Å²) in [5.41, 5.74) is 0.612. The molecule has 1 aromatic rings. The monoisotopic (exact) mass is 276 g/mol. The van der Waals surface area contributed by atoms with Crippen LogP contribution >= 0.6 is 0 Å². The minimum atomic E-state index is -0.571. The van der Waals surface area contributed by atoms with Crippen LogP contribution in [0.5, 0.6) is 5.75 Å². The van der Waals surface area contributed by atoms with Gasteiger partial charge < -0.3 is 15.2 Å². The third-order valence-electron chi connectivity index (χ3n) is 3.73. The SMILES string of the molecule is CCC(C)(CC)NCC(O)COc1cccc(C#N)c1. The molecule has 0 aromatic heterocycles. The second-order valence-corrected chi connectivity index (χ2v) is 5.25. The lowest BCUT2D eigenvalue weighted by atomic mass is 9.95. The number of nitriles is 1. The minimum Gasteiger partial charge on any atom is -0.491 e. The van der Waals surface area contributed by atoms with Crippen molar-refractivity contribution in [3.63, 3.8) is 0 Å². The molecule has 0 saturated heterocycles. The van der Waals surface area contributed by atoms with E-state index in [1.165, 1.54) is 0 Å². The molecule has 0 spiro atoms. The Hall–Kier alpha value is -1.57. The molecule has 4 nitrogen and oxygen atoms in total. The molecule has 0 aliphatic carbocycles. The number of aliphatic hydroxyl groups is 1. The molecule has 1 atom stereocenters. The second kappa shape index (κ2) is 7.88. The van der Waals surface area contributed by atoms with E-state index in [2.05, 4.69) is 32.2 Å². The average Bonchev–Trinajstić information content (AvgIpc) is 2.50. The van der Waals surface area contributed by atoms with Gasteiger partial charge in [-0.25, -0.2) is 0 Å². The van der Waals surface area contributed by atoms with Gasteiger partial charge in [-0.05, 0) is 38.0 Å². The van der Waals surface area contributed by atoms with Crippen molar-refractivity contribution < 1.29 is 9.84 Å². The third-order valence-corrected chi connectivity index (χ3v) is 3.73. The number of β-amino-alcohol motifs (C(OH)–C–C–N with tert-alkyl or cyclic N) is 1. The van der Waals surface area contributed by atoms with E-state index in [0.29, 0.717) is 17.9 Å². The lowest BCUT2D eigenvalue weighted by Gasteiger charge is -2.29. The number of hydrogen-bond donors (Lipinski definition) is 2. The number of nitrogens with zero attached hydrogens (tertiary/aromatic N) is 1. The molecule has 1 unspecified atom stereocenters. The van der Waals surface area contributed by atoms with Gasteiger partial charge in [0, 0.05) is 12.1 Å². The molecular weight excluding hydrogens is 252 g/mol. The molecule has 110 valence electrons. The molecule has 0 heterocycles. The van der Waals surface area contributed by atoms with Crippen molar-refractivity contribution in [1.82, 2.24) is 5.32 Å². The fourth-order valence-electron chi connectivity index (χ4n) is 1.77. The van der Waals surface area contributed by atoms with E-state index in [0.717, 1.165) is 12.8 Å². The Balaban J connectivity index is 2.40. The fourth-order valence-corrected chi connectivity index (χ4v) is 1.77. The van der Waals surface area contributed by atoms with Gasteiger partial charge in [-0.3, -0.25) is 0 Å². The first-order chi connectivity index (χ1) is 9.53. The Labute approximate surface area is 121 Å². The van der Waals surface area contributed by atoms with Crippen LogP contribution in [0, 0.1) is 11.3 Å². The van der Waals surface area contributed by atoms with Gasteiger partial charge in [0.15, 0.2) is 0 Å². The summed E-state index contributed by atoms with van der Waals surface area (Å²) in [5, 5.41) is 22.1. The molecular formula is C16H24N2O2. The Morgan fingerprint density at radius 3 is 2.70 bits per heavy atom. The van der Waals surface area contributed by atoms with E-state index in [9.17, 15) is 5.11 Å². The van der Waals surface area contributed by atoms with E-state index in [4.69, 9.17) is 10.00 Å². The van der Waals surface area contributed by atoms with Gasteiger partial charge in [0.1, 0.15) is 18.5 Å². The van der Waals surface area contributed by atoms with Crippen molar-refractivity contribution >= 4 is 0 Å². The molecule has 0 aliphatic rings. The summed E-state index contributed by atoms with van der Waals surface area (Å²) in [6, 6.07) is 9.00. The third kappa shape index (κ3) is 5.20. The van der Waals surface area contributed by atoms with E-state index < -0.39 is 6.10 Å². The zero-order valence-corrected chi connectivity index (χ0v) is 12.5. The van der Waals surface area contributed by atoms with Gasteiger partial charge in [-0.2, -0.15) is 5.26 Å². The van der Waals surface area contributed by atoms with E-state index in [-0.39, 0.29) is 12.1 Å². The number of ether oxygens (including phenoxy) is 1. The Morgan fingerprint density at radius 2 is 2.10 bits per heavy atom. The molecule has 1 rings (SSSR count). The van der Waals surface area contributed by atoms with Crippen molar-refractivity contribution in [1.29, 1.82) is 5.26 Å². The first-order valence-electron chi connectivity index (χ1n) is 7.09. The summed E-state index contributed by atoms with van der Waals surface area (Å²) in [6.45, 7) is 7.12. The summed E-state index contributed by atoms with van der Waals surface area (Å²) in [6.07, 6.45) is 1.46. The lowest BCUT2D eigenvalue weighted by Crippen LogP contribution is -2.46. The van der Waals surface area contributed by atoms with Gasteiger partial charge in [-0.15, -0.1) is 0 Å². The summed E-state index contributed by atoms with van der Waals surface area (Å²) < 4.78 is 5.50. The van der Waals surface area contributed by atoms with Crippen LogP contribution in [0.15, 0.2) is 24.3 Å². The molecule has 0 amide bonds. The Morgan fingerprint density at radius 1 is 1.40 bits per heavy atom. The standard InChI is InChI=1S/C16H24N2O2/c1-4-16(3,5-2)18-11-14(19)12-20-15-8-6-7-13(9-15)10-17/h6-9,14,18-19H,4-5,11-12H2,1-3H3. The Kier molecular flexibility index (Phi) is 6.50. The van der Waals surface area contributed by atoms with Crippen LogP contribution in [-0.4, -0.2) is 29.9 Å². The molecule has 0 bridgehead atoms. The minimum absolute atomic E-state index is 0.0572. The first-order valence-corrected chi connectivity index (χ1v) is 7.09. The van der Waals surface area contributed by atoms with Crippen LogP contribution < -0.4 is 10.1 Å². The highest BCUT2D eigenvalue weighted by molar-refractivity contribution is 5.36. The van der Waals surface area contributed by atoms with Crippen LogP contribution in [0.2, 0.25) is 0 Å². The topological polar surface area (TPSA) is 65.3 Å². The summed E-state index contributed by atoms with van der Waals surface area (Å²) >= 11 is 0. The van der Waals surface area contributed by atoms with Crippen LogP contribution in [-0.2, 0) is 0 Å². The van der Waals surface area contributed by atoms with Crippen LogP contribution in [0.1, 0.15) is 39.2 Å². The summed E-state index contributed by atoms with van der Waals surface area (Å²) in [5.74, 6) is 0.608. The quantitative estimate of drug-likeness (QED) is 0.765. The zero-order valence-electron chi connectivity index (χ0n) is 12.5. The first kappa shape index (κ1) is 16.5. The highest BCUT2D eigenvalue weighted by Gasteiger charge is 2.19. The van der Waals surface area contributed by atoms with E-state index in [1.807, 2.05) is 0 Å². The van der Waals surface area contributed by atoms with E-state index in [1.54, 1.807) is 24.3 Å². The normalized spacial score (nSPS) is 12.8. The van der Waals surface area contributed by atoms with Crippen molar-refractivity contribution in [3.05, 3.63) is 29.8 Å². The molecule has 2 N–H and O–H groups in total. The Bertz CT molecular complexity index is 450. The summed E-state index contributed by atoms with van der Waals surface area (Å²) in [7, 11) is 0. The summed E-state index contributed by atoms with van der Waals surface area (Å²) in [4.78, 5) is 0. The van der Waals surface area contributed by atoms with Crippen LogP contribution in [0.3, 0.4) is 0 Å². The highest BCUT2D eigenvalue weighted by atomic mass is 16.5. The fraction of sp³-hybridized carbons (Fsp3) is 0.562. The molecule has 0 fully saturated rings. The van der Waals surface area contributed by atoms with Crippen molar-refractivity contribution in [2.45, 2.75) is 45.3 Å². The molecule has 20 heavy (non-hydrogen) atoms. The van der Waals surface area contributed by atoms with Crippen molar-refractivity contribution in [2.24, 2.45) is 0 Å². The average molecular weight is 276 g/mol. The van der Waals surface area contributed by atoms with Crippen LogP contribution in [0.4, 0.5) is 0 Å². The maximum atomic E-state index is 9.94. The molecule has 4 heteroatoms. The predicted octanol–water partition coefficient (Wildman–Crippen LogP) is 2.47. The molecule has 1 aromatic carbocycles. The molecule has 0 radical (unpaired) electrons. The maximum absolute atomic E-state index is 9.94. The van der Waals surface area contributed by atoms with Crippen molar-refractivity contribution in [2.75, 3.05) is 13.2 Å². The number of hydrogen-bond acceptors (Lipinski definition) is 4. The largest absolute Gasteiger partial charge is 0.491 e. The van der Waals surface area contributed by atoms with Gasteiger partial charge >= 0.3 is 0 Å². The number of aliphatic hydroxyl groups excluding tert-OH is 1. The number of nitrogens with one attached hydrogen (secondary N) is 1. The predicted molar refractivity (Wildman–Crippen MR) is 79.6 cm³/mol. The van der Waals surface area contributed by atoms with Gasteiger partial charge in [-0.1, -0.05) is 19.9 Å². The lowest BCUT2D eigenvalue weighted by molar-refractivity contribution is 0.0966. The number of benzene rings is 1. The highest BCUT2D eigenvalue weighted by Crippen LogP contribution is 2.14. The van der Waals surface area contributed by atoms with E-state index >= 15 is 0 Å². The van der Waals surface area contributed by atoms with Gasteiger partial charge in [0.25, 0.3) is 0 Å². The maximum Gasteiger partial charge on any atom is 0.120 e. The van der Waals surface area contributed by atoms with Crippen molar-refractivity contribution in [3.8, 4) is 11.8 Å². The molecule has 0 saturated carbocycles. The number of rotatable bonds is 8. The van der Waals surface area contributed by atoms with Gasteiger partial charge in [0.05, 0.1) is 11.6 Å². The van der Waals surface area contributed by atoms with Gasteiger partial charge in [0.2, 0.25) is 0 Å². The second-order valence-electron chi connectivity index (χ2n) is 5.25.